The molecule has 2 aromatic rings. The minimum Gasteiger partial charge on any atom is -0.373 e. The Morgan fingerprint density at radius 1 is 1.38 bits per heavy atom. The molecule has 1 unspecified atom stereocenters. The smallest absolute Gasteiger partial charge is 0.294 e. The number of nitro benzene ring substituents is 1. The standard InChI is InChI=1S/C14H14ClFN2O2S/c1-7-4-10(9(3)21-7)8(2)17-13-6-12(16)11(15)5-14(13)18(19)20/h4-6,8,17H,1-3H3. The summed E-state index contributed by atoms with van der Waals surface area (Å²) < 4.78 is 13.6. The Balaban J connectivity index is 2.36. The van der Waals surface area contributed by atoms with Crippen molar-refractivity contribution in [3.63, 3.8) is 0 Å². The number of hydrogen-bond donors (Lipinski definition) is 1. The maximum atomic E-state index is 13.6. The molecule has 1 N–H and O–H groups in total. The van der Waals surface area contributed by atoms with E-state index in [2.05, 4.69) is 5.32 Å². The van der Waals surface area contributed by atoms with E-state index in [-0.39, 0.29) is 22.4 Å². The molecule has 112 valence electrons. The molecule has 0 aliphatic heterocycles. The Kier molecular flexibility index (Phi) is 4.49. The van der Waals surface area contributed by atoms with E-state index in [1.807, 2.05) is 26.8 Å². The van der Waals surface area contributed by atoms with Crippen molar-refractivity contribution in [2.24, 2.45) is 0 Å². The van der Waals surface area contributed by atoms with E-state index in [0.717, 1.165) is 27.5 Å². The van der Waals surface area contributed by atoms with E-state index in [9.17, 15) is 14.5 Å². The van der Waals surface area contributed by atoms with Crippen LogP contribution in [0, 0.1) is 29.8 Å². The maximum Gasteiger partial charge on any atom is 0.294 e. The fraction of sp³-hybridized carbons (Fsp3) is 0.286. The van der Waals surface area contributed by atoms with Gasteiger partial charge in [0, 0.05) is 27.9 Å². The molecule has 1 aromatic heterocycles. The quantitative estimate of drug-likeness (QED) is 0.617. The van der Waals surface area contributed by atoms with Crippen molar-refractivity contribution in [3.8, 4) is 0 Å². The number of benzene rings is 1. The van der Waals surface area contributed by atoms with Crippen LogP contribution in [0.15, 0.2) is 18.2 Å². The van der Waals surface area contributed by atoms with Crippen LogP contribution >= 0.6 is 22.9 Å². The molecule has 0 amide bonds. The van der Waals surface area contributed by atoms with Crippen LogP contribution in [0.1, 0.15) is 28.3 Å². The molecule has 1 atom stereocenters. The van der Waals surface area contributed by atoms with Gasteiger partial charge in [0.05, 0.1) is 9.95 Å². The lowest BCUT2D eigenvalue weighted by Crippen LogP contribution is -2.09. The summed E-state index contributed by atoms with van der Waals surface area (Å²) in [5.74, 6) is -0.685. The molecule has 0 radical (unpaired) electrons. The van der Waals surface area contributed by atoms with Gasteiger partial charge in [0.15, 0.2) is 0 Å². The highest BCUT2D eigenvalue weighted by atomic mass is 35.5. The van der Waals surface area contributed by atoms with Crippen LogP contribution in [0.2, 0.25) is 5.02 Å². The molecule has 7 heteroatoms. The third-order valence-corrected chi connectivity index (χ3v) is 4.42. The summed E-state index contributed by atoms with van der Waals surface area (Å²) in [6.07, 6.45) is 0. The molecular weight excluding hydrogens is 315 g/mol. The lowest BCUT2D eigenvalue weighted by molar-refractivity contribution is -0.384. The van der Waals surface area contributed by atoms with E-state index >= 15 is 0 Å². The number of thiophene rings is 1. The lowest BCUT2D eigenvalue weighted by Gasteiger charge is -2.15. The summed E-state index contributed by atoms with van der Waals surface area (Å²) in [7, 11) is 0. The molecule has 0 aliphatic rings. The first kappa shape index (κ1) is 15.7. The third-order valence-electron chi connectivity index (χ3n) is 3.15. The van der Waals surface area contributed by atoms with Gasteiger partial charge in [0.1, 0.15) is 11.5 Å². The topological polar surface area (TPSA) is 55.2 Å². The lowest BCUT2D eigenvalue weighted by atomic mass is 10.1. The van der Waals surface area contributed by atoms with Gasteiger partial charge in [-0.05, 0) is 32.4 Å². The zero-order chi connectivity index (χ0) is 15.7. The second-order valence-corrected chi connectivity index (χ2v) is 6.64. The number of aryl methyl sites for hydroxylation is 2. The highest BCUT2D eigenvalue weighted by molar-refractivity contribution is 7.12. The molecule has 0 saturated carbocycles. The fourth-order valence-corrected chi connectivity index (χ4v) is 3.37. The minimum absolute atomic E-state index is 0.123. The normalized spacial score (nSPS) is 12.2. The van der Waals surface area contributed by atoms with Crippen molar-refractivity contribution >= 4 is 34.3 Å². The van der Waals surface area contributed by atoms with Gasteiger partial charge in [-0.2, -0.15) is 0 Å². The highest BCUT2D eigenvalue weighted by Crippen LogP contribution is 2.34. The summed E-state index contributed by atoms with van der Waals surface area (Å²) in [6, 6.07) is 3.94. The fourth-order valence-electron chi connectivity index (χ4n) is 2.19. The maximum absolute atomic E-state index is 13.6. The molecule has 2 rings (SSSR count). The third kappa shape index (κ3) is 3.33. The van der Waals surface area contributed by atoms with E-state index in [1.165, 1.54) is 0 Å². The van der Waals surface area contributed by atoms with Crippen LogP contribution in [-0.2, 0) is 0 Å². The molecule has 0 spiro atoms. The van der Waals surface area contributed by atoms with Gasteiger partial charge in [-0.15, -0.1) is 11.3 Å². The Bertz CT molecular complexity index is 703. The summed E-state index contributed by atoms with van der Waals surface area (Å²) in [5.41, 5.74) is 0.928. The summed E-state index contributed by atoms with van der Waals surface area (Å²) in [5, 5.41) is 13.8. The zero-order valence-electron chi connectivity index (χ0n) is 11.7. The van der Waals surface area contributed by atoms with Gasteiger partial charge in [-0.25, -0.2) is 4.39 Å². The molecule has 21 heavy (non-hydrogen) atoms. The van der Waals surface area contributed by atoms with E-state index in [1.54, 1.807) is 11.3 Å². The predicted molar refractivity (Wildman–Crippen MR) is 83.9 cm³/mol. The van der Waals surface area contributed by atoms with E-state index < -0.39 is 10.7 Å². The second kappa shape index (κ2) is 5.99. The van der Waals surface area contributed by atoms with Crippen molar-refractivity contribution in [2.75, 3.05) is 5.32 Å². The molecule has 1 heterocycles. The Morgan fingerprint density at radius 2 is 2.05 bits per heavy atom. The summed E-state index contributed by atoms with van der Waals surface area (Å²) in [4.78, 5) is 12.8. The molecular formula is C14H14ClFN2O2S. The van der Waals surface area contributed by atoms with Crippen LogP contribution in [0.4, 0.5) is 15.8 Å². The van der Waals surface area contributed by atoms with Crippen LogP contribution < -0.4 is 5.32 Å². The number of nitrogens with zero attached hydrogens (tertiary/aromatic N) is 1. The van der Waals surface area contributed by atoms with Crippen molar-refractivity contribution in [1.82, 2.24) is 0 Å². The van der Waals surface area contributed by atoms with Gasteiger partial charge in [0.2, 0.25) is 0 Å². The average molecular weight is 329 g/mol. The number of rotatable bonds is 4. The van der Waals surface area contributed by atoms with Crippen molar-refractivity contribution in [2.45, 2.75) is 26.8 Å². The molecule has 0 fully saturated rings. The Morgan fingerprint density at radius 3 is 2.57 bits per heavy atom. The van der Waals surface area contributed by atoms with E-state index in [0.29, 0.717) is 0 Å². The van der Waals surface area contributed by atoms with Gasteiger partial charge in [-0.3, -0.25) is 10.1 Å². The number of hydrogen-bond acceptors (Lipinski definition) is 4. The van der Waals surface area contributed by atoms with Gasteiger partial charge >= 0.3 is 0 Å². The minimum atomic E-state index is -0.685. The van der Waals surface area contributed by atoms with Crippen molar-refractivity contribution in [3.05, 3.63) is 54.5 Å². The number of nitrogens with one attached hydrogen (secondary N) is 1. The number of halogens is 2. The van der Waals surface area contributed by atoms with Gasteiger partial charge in [0.25, 0.3) is 5.69 Å². The largest absolute Gasteiger partial charge is 0.373 e. The summed E-state index contributed by atoms with van der Waals surface area (Å²) in [6.45, 7) is 5.87. The van der Waals surface area contributed by atoms with Crippen LogP contribution in [0.3, 0.4) is 0 Å². The van der Waals surface area contributed by atoms with Crippen LogP contribution in [0.5, 0.6) is 0 Å². The van der Waals surface area contributed by atoms with Gasteiger partial charge in [-0.1, -0.05) is 11.6 Å². The number of nitro groups is 1. The van der Waals surface area contributed by atoms with Crippen molar-refractivity contribution in [1.29, 1.82) is 0 Å². The summed E-state index contributed by atoms with van der Waals surface area (Å²) >= 11 is 7.26. The highest BCUT2D eigenvalue weighted by Gasteiger charge is 2.20. The van der Waals surface area contributed by atoms with E-state index in [4.69, 9.17) is 11.6 Å². The molecule has 0 bridgehead atoms. The first-order valence-corrected chi connectivity index (χ1v) is 7.46. The van der Waals surface area contributed by atoms with Crippen LogP contribution in [-0.4, -0.2) is 4.92 Å². The Hall–Kier alpha value is -1.66. The first-order chi connectivity index (χ1) is 9.79. The van der Waals surface area contributed by atoms with Crippen molar-refractivity contribution < 1.29 is 9.31 Å². The molecule has 1 aromatic carbocycles. The number of anilines is 1. The molecule has 0 saturated heterocycles. The Labute approximate surface area is 130 Å². The van der Waals surface area contributed by atoms with Crippen LogP contribution in [0.25, 0.3) is 0 Å². The average Bonchev–Trinajstić information content (AvgIpc) is 2.72. The second-order valence-electron chi connectivity index (χ2n) is 4.78. The zero-order valence-corrected chi connectivity index (χ0v) is 13.3. The van der Waals surface area contributed by atoms with Gasteiger partial charge < -0.3 is 5.32 Å². The first-order valence-electron chi connectivity index (χ1n) is 6.26. The predicted octanol–water partition coefficient (Wildman–Crippen LogP) is 5.24. The molecule has 0 aliphatic carbocycles. The molecule has 4 nitrogen and oxygen atoms in total. The monoisotopic (exact) mass is 328 g/mol. The SMILES string of the molecule is Cc1cc(C(C)Nc2cc(F)c(Cl)cc2[N+](=O)[O-])c(C)s1.